The van der Waals surface area contributed by atoms with Gasteiger partial charge in [-0.15, -0.1) is 11.3 Å². The molecule has 0 unspecified atom stereocenters. The average molecular weight is 721 g/mol. The van der Waals surface area contributed by atoms with Gasteiger partial charge in [0.2, 0.25) is 0 Å². The van der Waals surface area contributed by atoms with Crippen LogP contribution < -0.4 is 0 Å². The predicted octanol–water partition coefficient (Wildman–Crippen LogP) is 13.3. The third-order valence-electron chi connectivity index (χ3n) is 10.0. The van der Waals surface area contributed by atoms with Crippen molar-refractivity contribution in [3.63, 3.8) is 0 Å². The van der Waals surface area contributed by atoms with Gasteiger partial charge in [-0.3, -0.25) is 0 Å². The van der Waals surface area contributed by atoms with Gasteiger partial charge in [-0.1, -0.05) is 182 Å². The number of hydrogen-bond acceptors (Lipinski definition) is 5. The molecule has 55 heavy (non-hydrogen) atoms. The molecule has 0 atom stereocenters. The van der Waals surface area contributed by atoms with Crippen LogP contribution >= 0.6 is 11.3 Å². The Balaban J connectivity index is 1.00. The highest BCUT2D eigenvalue weighted by atomic mass is 32.1. The van der Waals surface area contributed by atoms with Gasteiger partial charge in [0.1, 0.15) is 5.01 Å². The first-order valence-electron chi connectivity index (χ1n) is 18.3. The Morgan fingerprint density at radius 3 is 1.33 bits per heavy atom. The summed E-state index contributed by atoms with van der Waals surface area (Å²) >= 11 is 1.73. The molecule has 10 aromatic rings. The van der Waals surface area contributed by atoms with Gasteiger partial charge in [0.05, 0.1) is 10.2 Å². The lowest BCUT2D eigenvalue weighted by atomic mass is 9.89. The molecule has 0 bridgehead atoms. The number of thiazole rings is 1. The summed E-state index contributed by atoms with van der Waals surface area (Å²) in [4.78, 5) is 19.6. The summed E-state index contributed by atoms with van der Waals surface area (Å²) in [7, 11) is 0. The van der Waals surface area contributed by atoms with Crippen molar-refractivity contribution >= 4 is 32.3 Å². The van der Waals surface area contributed by atoms with Gasteiger partial charge in [-0.05, 0) is 56.3 Å². The number of rotatable bonds is 7. The Morgan fingerprint density at radius 1 is 0.273 bits per heavy atom. The van der Waals surface area contributed by atoms with E-state index in [-0.39, 0.29) is 0 Å². The molecule has 0 saturated carbocycles. The molecular weight excluding hydrogens is 689 g/mol. The summed E-state index contributed by atoms with van der Waals surface area (Å²) in [6.45, 7) is 0. The summed E-state index contributed by atoms with van der Waals surface area (Å²) in [5.41, 5.74) is 12.1. The minimum absolute atomic E-state index is 0.643. The van der Waals surface area contributed by atoms with Crippen molar-refractivity contribution < 1.29 is 0 Å². The maximum Gasteiger partial charge on any atom is 0.164 e. The van der Waals surface area contributed by atoms with E-state index in [1.165, 1.54) is 43.3 Å². The normalized spacial score (nSPS) is 11.3. The Bertz CT molecular complexity index is 2860. The minimum Gasteiger partial charge on any atom is -0.236 e. The standard InChI is InChI=1S/C50H32N4S/c1-3-13-35(14-4-1)47-52-48(36-15-5-2-6-16-36)54-49(53-47)37-29-25-33(26-30-37)40-19-11-21-44-42(40)20-12-22-43(44)41-18-8-7-17-39(41)34-27-31-38(32-28-34)50-51-45-23-9-10-24-46(45)55-50/h1-32H. The second kappa shape index (κ2) is 14.0. The van der Waals surface area contributed by atoms with Crippen LogP contribution in [0.15, 0.2) is 194 Å². The van der Waals surface area contributed by atoms with Gasteiger partial charge in [0.25, 0.3) is 0 Å². The van der Waals surface area contributed by atoms with E-state index in [2.05, 4.69) is 127 Å². The highest BCUT2D eigenvalue weighted by Crippen LogP contribution is 2.40. The molecule has 0 aliphatic rings. The molecule has 2 heterocycles. The van der Waals surface area contributed by atoms with Gasteiger partial charge in [-0.2, -0.15) is 0 Å². The van der Waals surface area contributed by atoms with Crippen LogP contribution in [0.4, 0.5) is 0 Å². The quantitative estimate of drug-likeness (QED) is 0.164. The second-order valence-electron chi connectivity index (χ2n) is 13.4. The van der Waals surface area contributed by atoms with Gasteiger partial charge < -0.3 is 0 Å². The lowest BCUT2D eigenvalue weighted by Gasteiger charge is -2.15. The molecule has 0 spiro atoms. The Hall–Kier alpha value is -7.08. The topological polar surface area (TPSA) is 51.6 Å². The highest BCUT2D eigenvalue weighted by Gasteiger charge is 2.15. The molecule has 0 fully saturated rings. The van der Waals surface area contributed by atoms with E-state index in [0.29, 0.717) is 17.5 Å². The predicted molar refractivity (Wildman–Crippen MR) is 229 cm³/mol. The molecule has 0 amide bonds. The minimum atomic E-state index is 0.643. The van der Waals surface area contributed by atoms with Gasteiger partial charge in [-0.25, -0.2) is 19.9 Å². The van der Waals surface area contributed by atoms with Crippen LogP contribution in [0, 0.1) is 0 Å². The fourth-order valence-corrected chi connectivity index (χ4v) is 8.26. The van der Waals surface area contributed by atoms with E-state index in [4.69, 9.17) is 19.9 Å². The van der Waals surface area contributed by atoms with E-state index in [0.717, 1.165) is 38.3 Å². The third-order valence-corrected chi connectivity index (χ3v) is 11.1. The number of aromatic nitrogens is 4. The van der Waals surface area contributed by atoms with E-state index >= 15 is 0 Å². The van der Waals surface area contributed by atoms with E-state index < -0.39 is 0 Å². The summed E-state index contributed by atoms with van der Waals surface area (Å²) < 4.78 is 1.20. The van der Waals surface area contributed by atoms with E-state index in [1.54, 1.807) is 11.3 Å². The molecule has 0 saturated heterocycles. The van der Waals surface area contributed by atoms with Crippen LogP contribution in [0.5, 0.6) is 0 Å². The molecule has 8 aromatic carbocycles. The lowest BCUT2D eigenvalue weighted by molar-refractivity contribution is 1.07. The van der Waals surface area contributed by atoms with Gasteiger partial charge >= 0.3 is 0 Å². The largest absolute Gasteiger partial charge is 0.236 e. The van der Waals surface area contributed by atoms with Crippen molar-refractivity contribution in [2.45, 2.75) is 0 Å². The van der Waals surface area contributed by atoms with E-state index in [1.807, 2.05) is 66.7 Å². The Kier molecular flexibility index (Phi) is 8.32. The molecule has 10 rings (SSSR count). The van der Waals surface area contributed by atoms with Crippen LogP contribution in [0.2, 0.25) is 0 Å². The van der Waals surface area contributed by atoms with Crippen LogP contribution in [0.1, 0.15) is 0 Å². The van der Waals surface area contributed by atoms with Crippen LogP contribution in [-0.2, 0) is 0 Å². The van der Waals surface area contributed by atoms with Crippen molar-refractivity contribution in [1.29, 1.82) is 0 Å². The summed E-state index contributed by atoms with van der Waals surface area (Å²) in [5.74, 6) is 1.95. The zero-order valence-corrected chi connectivity index (χ0v) is 30.5. The average Bonchev–Trinajstić information content (AvgIpc) is 3.71. The molecule has 4 nitrogen and oxygen atoms in total. The molecular formula is C50H32N4S. The van der Waals surface area contributed by atoms with Gasteiger partial charge in [0.15, 0.2) is 17.5 Å². The molecule has 258 valence electrons. The molecule has 0 aliphatic carbocycles. The van der Waals surface area contributed by atoms with Crippen LogP contribution in [-0.4, -0.2) is 19.9 Å². The van der Waals surface area contributed by atoms with Crippen molar-refractivity contribution in [2.24, 2.45) is 0 Å². The summed E-state index contributed by atoms with van der Waals surface area (Å²) in [5, 5.41) is 3.45. The fraction of sp³-hybridized carbons (Fsp3) is 0. The van der Waals surface area contributed by atoms with Crippen LogP contribution in [0.3, 0.4) is 0 Å². The van der Waals surface area contributed by atoms with Crippen molar-refractivity contribution in [1.82, 2.24) is 19.9 Å². The lowest BCUT2D eigenvalue weighted by Crippen LogP contribution is -2.00. The number of fused-ring (bicyclic) bond motifs is 2. The van der Waals surface area contributed by atoms with Crippen molar-refractivity contribution in [3.05, 3.63) is 194 Å². The smallest absolute Gasteiger partial charge is 0.164 e. The summed E-state index contributed by atoms with van der Waals surface area (Å²) in [6, 6.07) is 67.8. The number of benzene rings is 8. The first-order valence-corrected chi connectivity index (χ1v) is 19.1. The van der Waals surface area contributed by atoms with Crippen molar-refractivity contribution in [2.75, 3.05) is 0 Å². The zero-order valence-electron chi connectivity index (χ0n) is 29.7. The SMILES string of the molecule is c1ccc(-c2nc(-c3ccccc3)nc(-c3ccc(-c4cccc5c(-c6ccccc6-c6ccc(-c7nc8ccccc8s7)cc6)cccc45)cc3)n2)cc1. The maximum absolute atomic E-state index is 4.93. The van der Waals surface area contributed by atoms with E-state index in [9.17, 15) is 0 Å². The first-order chi connectivity index (χ1) is 27.2. The molecule has 0 aliphatic heterocycles. The molecule has 0 N–H and O–H groups in total. The molecule has 2 aromatic heterocycles. The monoisotopic (exact) mass is 720 g/mol. The second-order valence-corrected chi connectivity index (χ2v) is 14.5. The Labute approximate surface area is 323 Å². The number of hydrogen-bond donors (Lipinski definition) is 0. The number of nitrogens with zero attached hydrogens (tertiary/aromatic N) is 4. The molecule has 5 heteroatoms. The zero-order chi connectivity index (χ0) is 36.6. The number of para-hydroxylation sites is 1. The van der Waals surface area contributed by atoms with Crippen LogP contribution in [0.25, 0.3) is 99.1 Å². The third kappa shape index (κ3) is 6.27. The Morgan fingerprint density at radius 2 is 0.709 bits per heavy atom. The maximum atomic E-state index is 4.93. The fourth-order valence-electron chi connectivity index (χ4n) is 7.29. The molecule has 0 radical (unpaired) electrons. The highest BCUT2D eigenvalue weighted by molar-refractivity contribution is 7.21. The van der Waals surface area contributed by atoms with Gasteiger partial charge in [0, 0.05) is 22.3 Å². The first kappa shape index (κ1) is 32.6. The summed E-state index contributed by atoms with van der Waals surface area (Å²) in [6.07, 6.45) is 0. The van der Waals surface area contributed by atoms with Crippen molar-refractivity contribution in [3.8, 4) is 78.1 Å².